The Morgan fingerprint density at radius 2 is 2.12 bits per heavy atom. The van der Waals surface area contributed by atoms with Gasteiger partial charge in [-0.15, -0.1) is 0 Å². The highest BCUT2D eigenvalue weighted by atomic mass is 19.1. The van der Waals surface area contributed by atoms with Crippen molar-refractivity contribution in [1.82, 2.24) is 9.78 Å². The number of carbonyl (C=O) groups is 1. The summed E-state index contributed by atoms with van der Waals surface area (Å²) in [6.07, 6.45) is 3.01. The monoisotopic (exact) mass is 358 g/mol. The molecule has 1 atom stereocenters. The number of benzene rings is 1. The van der Waals surface area contributed by atoms with Crippen molar-refractivity contribution in [3.05, 3.63) is 35.8 Å². The van der Waals surface area contributed by atoms with Crippen LogP contribution >= 0.6 is 0 Å². The van der Waals surface area contributed by atoms with E-state index in [2.05, 4.69) is 10.4 Å². The largest absolute Gasteiger partial charge is 0.491 e. The van der Waals surface area contributed by atoms with Crippen LogP contribution in [0, 0.1) is 18.7 Å². The standard InChI is InChI=1S/C19H23FN4O2/c1-12-9-18(23(2)22-12)24-8-7-15(19(24)25)21-16-10-14(20)5-6-17(16)26-11-13-3-4-13/h5-6,9-10,13,15,21H,3-4,7-8,11H2,1-2H3. The SMILES string of the molecule is Cc1cc(N2CCC(Nc3cc(F)ccc3OCC3CC3)C2=O)n(C)n1. The first-order valence-electron chi connectivity index (χ1n) is 9.02. The zero-order valence-electron chi connectivity index (χ0n) is 15.0. The molecule has 6 nitrogen and oxygen atoms in total. The molecule has 4 rings (SSSR count). The van der Waals surface area contributed by atoms with Crippen LogP contribution in [-0.4, -0.2) is 34.9 Å². The van der Waals surface area contributed by atoms with Gasteiger partial charge in [0.05, 0.1) is 18.0 Å². The van der Waals surface area contributed by atoms with E-state index in [0.29, 0.717) is 36.9 Å². The van der Waals surface area contributed by atoms with Crippen molar-refractivity contribution in [2.45, 2.75) is 32.2 Å². The Balaban J connectivity index is 1.49. The molecule has 0 bridgehead atoms. The summed E-state index contributed by atoms with van der Waals surface area (Å²) in [5.41, 5.74) is 1.40. The molecule has 2 aliphatic rings. The molecule has 0 spiro atoms. The van der Waals surface area contributed by atoms with Crippen LogP contribution in [0.15, 0.2) is 24.3 Å². The van der Waals surface area contributed by atoms with E-state index in [1.807, 2.05) is 20.0 Å². The Hall–Kier alpha value is -2.57. The van der Waals surface area contributed by atoms with Crippen molar-refractivity contribution in [2.75, 3.05) is 23.4 Å². The van der Waals surface area contributed by atoms with E-state index >= 15 is 0 Å². The maximum absolute atomic E-state index is 13.7. The fourth-order valence-electron chi connectivity index (χ4n) is 3.31. The molecule has 1 aromatic carbocycles. The second-order valence-electron chi connectivity index (χ2n) is 7.14. The van der Waals surface area contributed by atoms with Crippen LogP contribution < -0.4 is 15.0 Å². The third-order valence-electron chi connectivity index (χ3n) is 4.90. The predicted molar refractivity (Wildman–Crippen MR) is 96.9 cm³/mol. The molecule has 26 heavy (non-hydrogen) atoms. The molecule has 2 aromatic rings. The molecule has 1 N–H and O–H groups in total. The van der Waals surface area contributed by atoms with Crippen LogP contribution in [0.1, 0.15) is 25.0 Å². The van der Waals surface area contributed by atoms with Gasteiger partial charge in [-0.3, -0.25) is 14.4 Å². The Labute approximate surface area is 151 Å². The van der Waals surface area contributed by atoms with E-state index in [4.69, 9.17) is 4.74 Å². The Morgan fingerprint density at radius 1 is 1.31 bits per heavy atom. The van der Waals surface area contributed by atoms with Gasteiger partial charge < -0.3 is 10.1 Å². The van der Waals surface area contributed by atoms with Gasteiger partial charge in [-0.1, -0.05) is 0 Å². The topological polar surface area (TPSA) is 59.4 Å². The van der Waals surface area contributed by atoms with Crippen LogP contribution in [0.2, 0.25) is 0 Å². The number of nitrogens with one attached hydrogen (secondary N) is 1. The van der Waals surface area contributed by atoms with Gasteiger partial charge in [-0.2, -0.15) is 5.10 Å². The molecule has 0 radical (unpaired) electrons. The van der Waals surface area contributed by atoms with Crippen LogP contribution in [0.3, 0.4) is 0 Å². The van der Waals surface area contributed by atoms with E-state index < -0.39 is 6.04 Å². The van der Waals surface area contributed by atoms with Crippen LogP contribution in [0.5, 0.6) is 5.75 Å². The molecule has 1 aliphatic carbocycles. The molecule has 1 saturated carbocycles. The average molecular weight is 358 g/mol. The molecule has 1 amide bonds. The van der Waals surface area contributed by atoms with Gasteiger partial charge in [0.25, 0.3) is 5.91 Å². The highest BCUT2D eigenvalue weighted by Gasteiger charge is 2.34. The summed E-state index contributed by atoms with van der Waals surface area (Å²) < 4.78 is 21.3. The van der Waals surface area contributed by atoms with Crippen LogP contribution in [0.25, 0.3) is 0 Å². The molecule has 1 aromatic heterocycles. The fourth-order valence-corrected chi connectivity index (χ4v) is 3.31. The van der Waals surface area contributed by atoms with E-state index in [1.54, 1.807) is 15.6 Å². The number of halogens is 1. The lowest BCUT2D eigenvalue weighted by atomic mass is 10.2. The van der Waals surface area contributed by atoms with Crippen LogP contribution in [0.4, 0.5) is 15.9 Å². The van der Waals surface area contributed by atoms with E-state index in [-0.39, 0.29) is 11.7 Å². The van der Waals surface area contributed by atoms with Gasteiger partial charge in [0, 0.05) is 25.7 Å². The number of rotatable bonds is 6. The Bertz CT molecular complexity index is 831. The van der Waals surface area contributed by atoms with Crippen molar-refractivity contribution in [3.63, 3.8) is 0 Å². The molecule has 7 heteroatoms. The minimum Gasteiger partial charge on any atom is -0.491 e. The maximum atomic E-state index is 13.7. The van der Waals surface area contributed by atoms with Crippen molar-refractivity contribution in [1.29, 1.82) is 0 Å². The molecular weight excluding hydrogens is 335 g/mol. The summed E-state index contributed by atoms with van der Waals surface area (Å²) in [7, 11) is 1.83. The first-order chi connectivity index (χ1) is 12.5. The summed E-state index contributed by atoms with van der Waals surface area (Å²) in [5.74, 6) is 1.59. The molecule has 1 unspecified atom stereocenters. The highest BCUT2D eigenvalue weighted by molar-refractivity contribution is 6.00. The molecule has 1 aliphatic heterocycles. The minimum absolute atomic E-state index is 0.0367. The van der Waals surface area contributed by atoms with E-state index in [0.717, 1.165) is 11.5 Å². The molecule has 138 valence electrons. The number of aryl methyl sites for hydroxylation is 2. The number of amides is 1. The van der Waals surface area contributed by atoms with Gasteiger partial charge in [-0.25, -0.2) is 4.39 Å². The second kappa shape index (κ2) is 6.63. The smallest absolute Gasteiger partial charge is 0.250 e. The van der Waals surface area contributed by atoms with Crippen molar-refractivity contribution in [2.24, 2.45) is 13.0 Å². The second-order valence-corrected chi connectivity index (χ2v) is 7.14. The minimum atomic E-state index is -0.407. The zero-order valence-corrected chi connectivity index (χ0v) is 15.0. The Kier molecular flexibility index (Phi) is 4.30. The Morgan fingerprint density at radius 3 is 2.81 bits per heavy atom. The van der Waals surface area contributed by atoms with Gasteiger partial charge >= 0.3 is 0 Å². The zero-order chi connectivity index (χ0) is 18.3. The van der Waals surface area contributed by atoms with Gasteiger partial charge in [0.2, 0.25) is 0 Å². The number of ether oxygens (including phenoxy) is 1. The third-order valence-corrected chi connectivity index (χ3v) is 4.90. The van der Waals surface area contributed by atoms with Crippen molar-refractivity contribution < 1.29 is 13.9 Å². The van der Waals surface area contributed by atoms with Crippen molar-refractivity contribution >= 4 is 17.4 Å². The average Bonchev–Trinajstić information content (AvgIpc) is 3.28. The van der Waals surface area contributed by atoms with Gasteiger partial charge in [0.1, 0.15) is 23.4 Å². The molecule has 2 heterocycles. The lowest BCUT2D eigenvalue weighted by Gasteiger charge is -2.19. The third kappa shape index (κ3) is 3.38. The number of anilines is 2. The lowest BCUT2D eigenvalue weighted by molar-refractivity contribution is -0.117. The van der Waals surface area contributed by atoms with Gasteiger partial charge in [-0.05, 0) is 44.2 Å². The first-order valence-corrected chi connectivity index (χ1v) is 9.02. The fraction of sp³-hybridized carbons (Fsp3) is 0.474. The van der Waals surface area contributed by atoms with Gasteiger partial charge in [0.15, 0.2) is 0 Å². The number of aromatic nitrogens is 2. The number of carbonyl (C=O) groups excluding carboxylic acids is 1. The number of hydrogen-bond donors (Lipinski definition) is 1. The number of nitrogens with zero attached hydrogens (tertiary/aromatic N) is 3. The summed E-state index contributed by atoms with van der Waals surface area (Å²) >= 11 is 0. The lowest BCUT2D eigenvalue weighted by Crippen LogP contribution is -2.34. The quantitative estimate of drug-likeness (QED) is 0.863. The summed E-state index contributed by atoms with van der Waals surface area (Å²) in [6, 6.07) is 5.89. The molecule has 1 saturated heterocycles. The van der Waals surface area contributed by atoms with Crippen molar-refractivity contribution in [3.8, 4) is 5.75 Å². The highest BCUT2D eigenvalue weighted by Crippen LogP contribution is 2.33. The van der Waals surface area contributed by atoms with Crippen LogP contribution in [-0.2, 0) is 11.8 Å². The predicted octanol–water partition coefficient (Wildman–Crippen LogP) is 2.87. The van der Waals surface area contributed by atoms with E-state index in [9.17, 15) is 9.18 Å². The maximum Gasteiger partial charge on any atom is 0.250 e. The molecule has 2 fully saturated rings. The normalized spacial score (nSPS) is 19.9. The first kappa shape index (κ1) is 16.9. The molecular formula is C19H23FN4O2. The summed E-state index contributed by atoms with van der Waals surface area (Å²) in [5, 5.41) is 7.49. The summed E-state index contributed by atoms with van der Waals surface area (Å²) in [6.45, 7) is 3.14. The van der Waals surface area contributed by atoms with E-state index in [1.165, 1.54) is 25.0 Å². The number of hydrogen-bond acceptors (Lipinski definition) is 4. The summed E-state index contributed by atoms with van der Waals surface area (Å²) in [4.78, 5) is 14.6.